The highest BCUT2D eigenvalue weighted by Crippen LogP contribution is 2.24. The van der Waals surface area contributed by atoms with Gasteiger partial charge >= 0.3 is 0 Å². The van der Waals surface area contributed by atoms with Crippen molar-refractivity contribution >= 4 is 17.7 Å². The zero-order valence-electron chi connectivity index (χ0n) is 11.2. The minimum absolute atomic E-state index is 0.299. The Labute approximate surface area is 120 Å². The largest absolute Gasteiger partial charge is 0.280 e. The van der Waals surface area contributed by atoms with Crippen LogP contribution in [-0.4, -0.2) is 39.8 Å². The minimum Gasteiger partial charge on any atom is -0.267 e. The summed E-state index contributed by atoms with van der Waals surface area (Å²) in [7, 11) is 1.39. The molecule has 0 saturated carbocycles. The molecule has 1 aromatic heterocycles. The molecule has 0 aliphatic carbocycles. The maximum atomic E-state index is 12.3. The first-order valence-corrected chi connectivity index (χ1v) is 6.27. The van der Waals surface area contributed by atoms with Crippen molar-refractivity contribution in [1.29, 1.82) is 0 Å². The molecule has 0 spiro atoms. The number of carbonyl (C=O) groups excluding carboxylic acids is 3. The molecule has 1 aliphatic heterocycles. The summed E-state index contributed by atoms with van der Waals surface area (Å²) in [5.41, 5.74) is 0.901. The van der Waals surface area contributed by atoms with Crippen molar-refractivity contribution in [1.82, 2.24) is 15.0 Å². The third-order valence-corrected chi connectivity index (χ3v) is 3.28. The zero-order valence-corrected chi connectivity index (χ0v) is 11.2. The number of fused-ring (bicyclic) bond motifs is 1. The number of nitrogens with zero attached hydrogens (tertiary/aromatic N) is 3. The molecule has 0 saturated heterocycles. The molecule has 6 nitrogen and oxygen atoms in total. The Balaban J connectivity index is 1.94. The van der Waals surface area contributed by atoms with Gasteiger partial charge in [0, 0.05) is 19.4 Å². The quantitative estimate of drug-likeness (QED) is 0.779. The molecule has 21 heavy (non-hydrogen) atoms. The third kappa shape index (κ3) is 1.97. The number of hydrogen-bond acceptors (Lipinski definition) is 4. The second-order valence-corrected chi connectivity index (χ2v) is 4.54. The van der Waals surface area contributed by atoms with Crippen molar-refractivity contribution in [3.8, 4) is 0 Å². The van der Waals surface area contributed by atoms with Gasteiger partial charge in [0.2, 0.25) is 0 Å². The Morgan fingerprint density at radius 2 is 1.67 bits per heavy atom. The first-order chi connectivity index (χ1) is 10.1. The highest BCUT2D eigenvalue weighted by Gasteiger charge is 2.39. The number of imide groups is 1. The molecule has 1 aromatic carbocycles. The van der Waals surface area contributed by atoms with Crippen LogP contribution in [0.4, 0.5) is 0 Å². The van der Waals surface area contributed by atoms with Gasteiger partial charge in [-0.15, -0.1) is 0 Å². The van der Waals surface area contributed by atoms with Crippen molar-refractivity contribution < 1.29 is 14.4 Å². The van der Waals surface area contributed by atoms with Crippen LogP contribution in [0, 0.1) is 0 Å². The van der Waals surface area contributed by atoms with Crippen LogP contribution >= 0.6 is 0 Å². The van der Waals surface area contributed by atoms with E-state index in [1.165, 1.54) is 13.2 Å². The van der Waals surface area contributed by atoms with Crippen LogP contribution in [0.15, 0.2) is 48.8 Å². The Kier molecular flexibility index (Phi) is 2.98. The van der Waals surface area contributed by atoms with Crippen LogP contribution in [0.2, 0.25) is 0 Å². The van der Waals surface area contributed by atoms with E-state index in [0.29, 0.717) is 16.7 Å². The molecular formula is C15H11N3O3. The average molecular weight is 281 g/mol. The zero-order chi connectivity index (χ0) is 15.0. The highest BCUT2D eigenvalue weighted by atomic mass is 16.2. The maximum Gasteiger partial charge on any atom is 0.280 e. The van der Waals surface area contributed by atoms with Gasteiger partial charge in [-0.25, -0.2) is 5.01 Å². The first-order valence-electron chi connectivity index (χ1n) is 6.27. The van der Waals surface area contributed by atoms with Gasteiger partial charge in [-0.1, -0.05) is 12.1 Å². The number of pyridine rings is 1. The lowest BCUT2D eigenvalue weighted by Gasteiger charge is -2.25. The Hall–Kier alpha value is -3.02. The topological polar surface area (TPSA) is 70.6 Å². The number of hydrazine groups is 1. The number of carbonyl (C=O) groups is 3. The number of aromatic nitrogens is 1. The summed E-state index contributed by atoms with van der Waals surface area (Å²) in [4.78, 5) is 40.7. The number of amides is 3. The van der Waals surface area contributed by atoms with Gasteiger partial charge in [0.25, 0.3) is 17.7 Å². The van der Waals surface area contributed by atoms with E-state index in [9.17, 15) is 14.4 Å². The van der Waals surface area contributed by atoms with Gasteiger partial charge in [-0.2, -0.15) is 5.01 Å². The standard InChI is InChI=1S/C15H11N3O3/c1-17(13(19)10-5-4-8-16-9-10)18-14(20)11-6-2-3-7-12(11)15(18)21/h2-9H,1H3. The summed E-state index contributed by atoms with van der Waals surface area (Å²) in [5.74, 6) is -1.48. The number of rotatable bonds is 2. The highest BCUT2D eigenvalue weighted by molar-refractivity contribution is 6.22. The molecule has 0 fully saturated rings. The fraction of sp³-hybridized carbons (Fsp3) is 0.0667. The van der Waals surface area contributed by atoms with E-state index in [0.717, 1.165) is 10.0 Å². The van der Waals surface area contributed by atoms with Crippen LogP contribution in [0.5, 0.6) is 0 Å². The normalized spacial score (nSPS) is 13.3. The first kappa shape index (κ1) is 13.0. The van der Waals surface area contributed by atoms with Gasteiger partial charge in [0.15, 0.2) is 0 Å². The molecule has 0 atom stereocenters. The van der Waals surface area contributed by atoms with Gasteiger partial charge in [-0.05, 0) is 24.3 Å². The third-order valence-electron chi connectivity index (χ3n) is 3.28. The smallest absolute Gasteiger partial charge is 0.267 e. The van der Waals surface area contributed by atoms with E-state index < -0.39 is 17.7 Å². The molecule has 0 N–H and O–H groups in total. The van der Waals surface area contributed by atoms with Crippen molar-refractivity contribution in [3.05, 3.63) is 65.5 Å². The summed E-state index contributed by atoms with van der Waals surface area (Å²) < 4.78 is 0. The summed E-state index contributed by atoms with van der Waals surface area (Å²) in [6.45, 7) is 0. The average Bonchev–Trinajstić information content (AvgIpc) is 2.79. The maximum absolute atomic E-state index is 12.3. The van der Waals surface area contributed by atoms with E-state index >= 15 is 0 Å². The van der Waals surface area contributed by atoms with Crippen molar-refractivity contribution in [3.63, 3.8) is 0 Å². The van der Waals surface area contributed by atoms with E-state index in [-0.39, 0.29) is 0 Å². The van der Waals surface area contributed by atoms with E-state index in [1.807, 2.05) is 0 Å². The van der Waals surface area contributed by atoms with Gasteiger partial charge in [-0.3, -0.25) is 19.4 Å². The van der Waals surface area contributed by atoms with Gasteiger partial charge in [0.05, 0.1) is 16.7 Å². The van der Waals surface area contributed by atoms with Gasteiger partial charge in [0.1, 0.15) is 0 Å². The summed E-state index contributed by atoms with van der Waals surface area (Å²) in [5, 5.41) is 1.86. The van der Waals surface area contributed by atoms with E-state index in [2.05, 4.69) is 4.98 Å². The molecule has 0 bridgehead atoms. The van der Waals surface area contributed by atoms with Crippen LogP contribution in [0.1, 0.15) is 31.1 Å². The second-order valence-electron chi connectivity index (χ2n) is 4.54. The molecular weight excluding hydrogens is 270 g/mol. The van der Waals surface area contributed by atoms with Crippen LogP contribution in [-0.2, 0) is 0 Å². The van der Waals surface area contributed by atoms with Crippen molar-refractivity contribution in [2.75, 3.05) is 7.05 Å². The number of hydrogen-bond donors (Lipinski definition) is 0. The monoisotopic (exact) mass is 281 g/mol. The Morgan fingerprint density at radius 1 is 1.05 bits per heavy atom. The Bertz CT molecular complexity index is 708. The molecule has 3 amide bonds. The molecule has 0 unspecified atom stereocenters. The summed E-state index contributed by atoms with van der Waals surface area (Å²) in [6, 6.07) is 9.68. The predicted octanol–water partition coefficient (Wildman–Crippen LogP) is 1.36. The van der Waals surface area contributed by atoms with Crippen LogP contribution in [0.25, 0.3) is 0 Å². The molecule has 0 radical (unpaired) electrons. The molecule has 104 valence electrons. The minimum atomic E-state index is -0.504. The molecule has 2 aromatic rings. The number of benzene rings is 1. The lowest BCUT2D eigenvalue weighted by molar-refractivity contribution is 0.0128. The van der Waals surface area contributed by atoms with Crippen molar-refractivity contribution in [2.24, 2.45) is 0 Å². The molecule has 3 rings (SSSR count). The molecule has 1 aliphatic rings. The molecule has 2 heterocycles. The van der Waals surface area contributed by atoms with E-state index in [4.69, 9.17) is 0 Å². The fourth-order valence-corrected chi connectivity index (χ4v) is 2.22. The van der Waals surface area contributed by atoms with Crippen molar-refractivity contribution in [2.45, 2.75) is 0 Å². The predicted molar refractivity (Wildman–Crippen MR) is 73.3 cm³/mol. The lowest BCUT2D eigenvalue weighted by Crippen LogP contribution is -2.47. The second kappa shape index (κ2) is 4.82. The van der Waals surface area contributed by atoms with Crippen LogP contribution < -0.4 is 0 Å². The molecule has 6 heteroatoms. The Morgan fingerprint density at radius 3 is 2.19 bits per heavy atom. The van der Waals surface area contributed by atoms with Crippen LogP contribution in [0.3, 0.4) is 0 Å². The fourth-order valence-electron chi connectivity index (χ4n) is 2.22. The SMILES string of the molecule is CN(C(=O)c1cccnc1)N1C(=O)c2ccccc2C1=O. The summed E-state index contributed by atoms with van der Waals surface area (Å²) >= 11 is 0. The lowest BCUT2D eigenvalue weighted by atomic mass is 10.1. The summed E-state index contributed by atoms with van der Waals surface area (Å²) in [6.07, 6.45) is 2.93. The van der Waals surface area contributed by atoms with E-state index in [1.54, 1.807) is 42.6 Å². The van der Waals surface area contributed by atoms with Gasteiger partial charge < -0.3 is 0 Å².